The number of benzene rings is 2. The van der Waals surface area contributed by atoms with Gasteiger partial charge in [-0.15, -0.1) is 0 Å². The molecule has 1 N–H and O–H groups in total. The molecule has 0 amide bonds. The van der Waals surface area contributed by atoms with Crippen LogP contribution in [0.1, 0.15) is 30.5 Å². The van der Waals surface area contributed by atoms with Crippen LogP contribution in [0.2, 0.25) is 0 Å². The highest BCUT2D eigenvalue weighted by Crippen LogP contribution is 2.32. The lowest BCUT2D eigenvalue weighted by atomic mass is 10.0. The fourth-order valence-electron chi connectivity index (χ4n) is 2.75. The predicted octanol–water partition coefficient (Wildman–Crippen LogP) is 3.20. The maximum absolute atomic E-state index is 12.7. The van der Waals surface area contributed by atoms with Crippen LogP contribution in [0.15, 0.2) is 47.4 Å². The van der Waals surface area contributed by atoms with Gasteiger partial charge in [-0.25, -0.2) is 13.1 Å². The van der Waals surface area contributed by atoms with Crippen molar-refractivity contribution in [2.45, 2.75) is 31.2 Å². The molecule has 0 bridgehead atoms. The molecule has 1 heterocycles. The fraction of sp³-hybridized carbons (Fsp3) is 0.333. The summed E-state index contributed by atoms with van der Waals surface area (Å²) < 4.78 is 39.2. The molecule has 1 unspecified atom stereocenters. The summed E-state index contributed by atoms with van der Waals surface area (Å²) in [5, 5.41) is 0. The quantitative estimate of drug-likeness (QED) is 0.922. The molecule has 1 aliphatic heterocycles. The molecule has 128 valence electrons. The van der Waals surface area contributed by atoms with Gasteiger partial charge in [0.15, 0.2) is 11.5 Å². The molecular formula is C18H21NO4S. The van der Waals surface area contributed by atoms with Gasteiger partial charge in [0.1, 0.15) is 0 Å². The number of ether oxygens (including phenoxy) is 2. The normalized spacial score (nSPS) is 15.6. The van der Waals surface area contributed by atoms with Gasteiger partial charge in [-0.2, -0.15) is 0 Å². The number of nitrogens with one attached hydrogen (secondary N) is 1. The van der Waals surface area contributed by atoms with Gasteiger partial charge in [-0.3, -0.25) is 0 Å². The minimum absolute atomic E-state index is 0.173. The van der Waals surface area contributed by atoms with Gasteiger partial charge >= 0.3 is 0 Å². The number of fused-ring (bicyclic) bond motifs is 1. The van der Waals surface area contributed by atoms with Crippen LogP contribution in [0, 0.1) is 6.92 Å². The number of rotatable bonds is 4. The molecule has 0 saturated carbocycles. The van der Waals surface area contributed by atoms with Crippen LogP contribution in [0.5, 0.6) is 11.5 Å². The van der Waals surface area contributed by atoms with E-state index in [1.54, 1.807) is 12.1 Å². The zero-order chi connectivity index (χ0) is 17.2. The molecule has 6 heteroatoms. The third kappa shape index (κ3) is 3.55. The van der Waals surface area contributed by atoms with E-state index in [1.165, 1.54) is 6.07 Å². The zero-order valence-electron chi connectivity index (χ0n) is 13.8. The van der Waals surface area contributed by atoms with Crippen LogP contribution in [-0.2, 0) is 10.0 Å². The molecule has 0 saturated heterocycles. The lowest BCUT2D eigenvalue weighted by molar-refractivity contribution is 0.297. The average molecular weight is 347 g/mol. The molecule has 0 aromatic heterocycles. The van der Waals surface area contributed by atoms with E-state index < -0.39 is 10.0 Å². The highest BCUT2D eigenvalue weighted by atomic mass is 32.2. The van der Waals surface area contributed by atoms with Gasteiger partial charge in [0, 0.05) is 18.5 Å². The van der Waals surface area contributed by atoms with E-state index >= 15 is 0 Å². The van der Waals surface area contributed by atoms with Crippen LogP contribution in [0.25, 0.3) is 0 Å². The third-order valence-electron chi connectivity index (χ3n) is 4.02. The molecule has 5 nitrogen and oxygen atoms in total. The van der Waals surface area contributed by atoms with E-state index in [4.69, 9.17) is 9.47 Å². The van der Waals surface area contributed by atoms with Crippen LogP contribution < -0.4 is 14.2 Å². The molecule has 0 spiro atoms. The Labute approximate surface area is 142 Å². The lowest BCUT2D eigenvalue weighted by Crippen LogP contribution is -2.27. The van der Waals surface area contributed by atoms with E-state index in [9.17, 15) is 8.42 Å². The summed E-state index contributed by atoms with van der Waals surface area (Å²) in [6, 6.07) is 12.1. The van der Waals surface area contributed by atoms with Crippen molar-refractivity contribution in [1.29, 1.82) is 0 Å². The lowest BCUT2D eigenvalue weighted by Gasteiger charge is -2.17. The minimum Gasteiger partial charge on any atom is -0.490 e. The Bertz CT molecular complexity index is 833. The van der Waals surface area contributed by atoms with Crippen molar-refractivity contribution in [3.8, 4) is 11.5 Å². The highest BCUT2D eigenvalue weighted by molar-refractivity contribution is 7.89. The Kier molecular flexibility index (Phi) is 4.78. The standard InChI is InChI=1S/C18H21NO4S/c1-13-6-3-4-7-16(13)14(2)19-24(20,21)15-8-9-17-18(12-15)23-11-5-10-22-17/h3-4,6-9,12,14,19H,5,10-11H2,1-2H3. The third-order valence-corrected chi connectivity index (χ3v) is 5.55. The smallest absolute Gasteiger partial charge is 0.241 e. The fourth-order valence-corrected chi connectivity index (χ4v) is 3.99. The van der Waals surface area contributed by atoms with E-state index in [2.05, 4.69) is 4.72 Å². The first-order valence-corrected chi connectivity index (χ1v) is 9.43. The molecule has 2 aromatic rings. The van der Waals surface area contributed by atoms with Gasteiger partial charge in [0.05, 0.1) is 18.1 Å². The second-order valence-corrected chi connectivity index (χ2v) is 7.57. The molecule has 2 aromatic carbocycles. The highest BCUT2D eigenvalue weighted by Gasteiger charge is 2.22. The van der Waals surface area contributed by atoms with Gasteiger partial charge in [-0.1, -0.05) is 24.3 Å². The second kappa shape index (κ2) is 6.83. The maximum atomic E-state index is 12.7. The first kappa shape index (κ1) is 16.8. The van der Waals surface area contributed by atoms with Crippen molar-refractivity contribution in [3.05, 3.63) is 53.6 Å². The molecular weight excluding hydrogens is 326 g/mol. The monoisotopic (exact) mass is 347 g/mol. The van der Waals surface area contributed by atoms with Crippen molar-refractivity contribution >= 4 is 10.0 Å². The average Bonchev–Trinajstić information content (AvgIpc) is 2.79. The SMILES string of the molecule is Cc1ccccc1C(C)NS(=O)(=O)c1ccc2c(c1)OCCCO2. The zero-order valence-corrected chi connectivity index (χ0v) is 14.6. The maximum Gasteiger partial charge on any atom is 0.241 e. The number of hydrogen-bond donors (Lipinski definition) is 1. The van der Waals surface area contributed by atoms with Crippen LogP contribution in [-0.4, -0.2) is 21.6 Å². The topological polar surface area (TPSA) is 64.6 Å². The Balaban J connectivity index is 1.85. The Morgan fingerprint density at radius 3 is 2.50 bits per heavy atom. The molecule has 0 fully saturated rings. The molecule has 1 atom stereocenters. The summed E-state index contributed by atoms with van der Waals surface area (Å²) in [5.74, 6) is 1.05. The van der Waals surface area contributed by atoms with Crippen molar-refractivity contribution in [2.24, 2.45) is 0 Å². The summed E-state index contributed by atoms with van der Waals surface area (Å²) in [7, 11) is -3.66. The predicted molar refractivity (Wildman–Crippen MR) is 92.0 cm³/mol. The summed E-state index contributed by atoms with van der Waals surface area (Å²) >= 11 is 0. The van der Waals surface area contributed by atoms with Crippen molar-refractivity contribution in [3.63, 3.8) is 0 Å². The van der Waals surface area contributed by atoms with Crippen LogP contribution in [0.4, 0.5) is 0 Å². The molecule has 1 aliphatic rings. The van der Waals surface area contributed by atoms with Crippen molar-refractivity contribution in [1.82, 2.24) is 4.72 Å². The van der Waals surface area contributed by atoms with Gasteiger partial charge in [0.25, 0.3) is 0 Å². The Hall–Kier alpha value is -2.05. The van der Waals surface area contributed by atoms with E-state index in [0.29, 0.717) is 24.7 Å². The first-order chi connectivity index (χ1) is 11.5. The van der Waals surface area contributed by atoms with E-state index in [1.807, 2.05) is 38.1 Å². The molecule has 3 rings (SSSR count). The van der Waals surface area contributed by atoms with Gasteiger partial charge in [0.2, 0.25) is 10.0 Å². The van der Waals surface area contributed by atoms with Crippen LogP contribution in [0.3, 0.4) is 0 Å². The van der Waals surface area contributed by atoms with Crippen molar-refractivity contribution < 1.29 is 17.9 Å². The van der Waals surface area contributed by atoms with Gasteiger partial charge in [-0.05, 0) is 37.1 Å². The number of aryl methyl sites for hydroxylation is 1. The summed E-state index contributed by atoms with van der Waals surface area (Å²) in [6.07, 6.45) is 0.777. The van der Waals surface area contributed by atoms with Crippen LogP contribution >= 0.6 is 0 Å². The van der Waals surface area contributed by atoms with E-state index in [0.717, 1.165) is 17.5 Å². The molecule has 24 heavy (non-hydrogen) atoms. The minimum atomic E-state index is -3.66. The summed E-state index contributed by atoms with van der Waals surface area (Å²) in [4.78, 5) is 0.173. The second-order valence-electron chi connectivity index (χ2n) is 5.86. The molecule has 0 radical (unpaired) electrons. The first-order valence-electron chi connectivity index (χ1n) is 7.95. The van der Waals surface area contributed by atoms with Gasteiger partial charge < -0.3 is 9.47 Å². The Morgan fingerprint density at radius 2 is 1.75 bits per heavy atom. The Morgan fingerprint density at radius 1 is 1.04 bits per heavy atom. The summed E-state index contributed by atoms with van der Waals surface area (Å²) in [6.45, 7) is 4.89. The summed E-state index contributed by atoms with van der Waals surface area (Å²) in [5.41, 5.74) is 2.00. The van der Waals surface area contributed by atoms with E-state index in [-0.39, 0.29) is 10.9 Å². The van der Waals surface area contributed by atoms with Crippen molar-refractivity contribution in [2.75, 3.05) is 13.2 Å². The number of hydrogen-bond acceptors (Lipinski definition) is 4. The number of sulfonamides is 1. The molecule has 0 aliphatic carbocycles. The largest absolute Gasteiger partial charge is 0.490 e.